The summed E-state index contributed by atoms with van der Waals surface area (Å²) in [6.45, 7) is 3.38. The van der Waals surface area contributed by atoms with Gasteiger partial charge in [-0.1, -0.05) is 41.3 Å². The second kappa shape index (κ2) is 7.68. The lowest BCUT2D eigenvalue weighted by atomic mass is 10.1. The first kappa shape index (κ1) is 18.3. The lowest BCUT2D eigenvalue weighted by Crippen LogP contribution is -2.35. The van der Waals surface area contributed by atoms with E-state index in [1.807, 2.05) is 6.92 Å². The predicted molar refractivity (Wildman–Crippen MR) is 92.7 cm³/mol. The second-order valence-electron chi connectivity index (χ2n) is 5.22. The number of amides is 2. The summed E-state index contributed by atoms with van der Waals surface area (Å²) in [5.74, 6) is -0.308. The smallest absolute Gasteiger partial charge is 0.259 e. The Morgan fingerprint density at radius 2 is 1.92 bits per heavy atom. The van der Waals surface area contributed by atoms with Gasteiger partial charge < -0.3 is 14.7 Å². The third-order valence-electron chi connectivity index (χ3n) is 3.44. The quantitative estimate of drug-likeness (QED) is 0.873. The molecule has 128 valence electrons. The molecule has 1 aromatic carbocycles. The highest BCUT2D eigenvalue weighted by Gasteiger charge is 2.24. The molecule has 0 radical (unpaired) electrons. The van der Waals surface area contributed by atoms with E-state index in [1.165, 1.54) is 11.9 Å². The normalized spacial score (nSPS) is 10.5. The predicted octanol–water partition coefficient (Wildman–Crippen LogP) is 3.56. The lowest BCUT2D eigenvalue weighted by molar-refractivity contribution is -0.116. The number of hydrogen-bond donors (Lipinski definition) is 1. The molecule has 0 aliphatic heterocycles. The number of halogens is 2. The summed E-state index contributed by atoms with van der Waals surface area (Å²) in [5, 5.41) is 7.12. The number of carbonyl (C=O) groups excluding carboxylic acids is 2. The van der Waals surface area contributed by atoms with Crippen molar-refractivity contribution in [2.75, 3.05) is 18.9 Å². The van der Waals surface area contributed by atoms with Crippen molar-refractivity contribution in [2.24, 2.45) is 0 Å². The first-order valence-electron chi connectivity index (χ1n) is 7.29. The highest BCUT2D eigenvalue weighted by Crippen LogP contribution is 2.29. The summed E-state index contributed by atoms with van der Waals surface area (Å²) >= 11 is 12.0. The van der Waals surface area contributed by atoms with E-state index < -0.39 is 5.91 Å². The Labute approximate surface area is 149 Å². The molecule has 24 heavy (non-hydrogen) atoms. The highest BCUT2D eigenvalue weighted by molar-refractivity contribution is 6.39. The van der Waals surface area contributed by atoms with E-state index in [0.717, 1.165) is 0 Å². The van der Waals surface area contributed by atoms with Crippen LogP contribution in [0, 0.1) is 6.92 Å². The zero-order valence-corrected chi connectivity index (χ0v) is 15.0. The van der Waals surface area contributed by atoms with Crippen molar-refractivity contribution in [3.63, 3.8) is 0 Å². The number of nitrogens with zero attached hydrogens (tertiary/aromatic N) is 2. The number of carbonyl (C=O) groups is 2. The van der Waals surface area contributed by atoms with Gasteiger partial charge in [-0.3, -0.25) is 9.59 Å². The number of aryl methyl sites for hydroxylation is 2. The number of hydrogen-bond acceptors (Lipinski definition) is 4. The molecular formula is C16H17Cl2N3O3. The SMILES string of the molecule is CCc1noc(C)c1C(=O)N(C)CC(=O)Nc1c(Cl)cccc1Cl. The van der Waals surface area contributed by atoms with Crippen molar-refractivity contribution >= 4 is 40.7 Å². The largest absolute Gasteiger partial charge is 0.361 e. The van der Waals surface area contributed by atoms with Crippen molar-refractivity contribution in [3.8, 4) is 0 Å². The Balaban J connectivity index is 2.09. The van der Waals surface area contributed by atoms with Crippen LogP contribution in [0.3, 0.4) is 0 Å². The fourth-order valence-electron chi connectivity index (χ4n) is 2.21. The molecule has 0 spiro atoms. The zero-order chi connectivity index (χ0) is 17.9. The maximum atomic E-state index is 12.5. The summed E-state index contributed by atoms with van der Waals surface area (Å²) < 4.78 is 5.06. The molecule has 1 heterocycles. The lowest BCUT2D eigenvalue weighted by Gasteiger charge is -2.17. The molecule has 2 rings (SSSR count). The molecule has 0 aliphatic rings. The number of likely N-dealkylation sites (N-methyl/N-ethyl adjacent to an activating group) is 1. The first-order chi connectivity index (χ1) is 11.3. The van der Waals surface area contributed by atoms with Crippen LogP contribution in [0.4, 0.5) is 5.69 Å². The number of anilines is 1. The van der Waals surface area contributed by atoms with Crippen LogP contribution < -0.4 is 5.32 Å². The third kappa shape index (κ3) is 3.88. The van der Waals surface area contributed by atoms with Crippen molar-refractivity contribution in [3.05, 3.63) is 45.3 Å². The van der Waals surface area contributed by atoms with E-state index in [0.29, 0.717) is 39.2 Å². The Morgan fingerprint density at radius 1 is 1.29 bits per heavy atom. The van der Waals surface area contributed by atoms with Gasteiger partial charge in [0.05, 0.1) is 28.0 Å². The summed E-state index contributed by atoms with van der Waals surface area (Å²) in [4.78, 5) is 26.0. The molecule has 2 amide bonds. The Morgan fingerprint density at radius 3 is 2.50 bits per heavy atom. The van der Waals surface area contributed by atoms with Crippen LogP contribution in [0.25, 0.3) is 0 Å². The van der Waals surface area contributed by atoms with Gasteiger partial charge in [-0.15, -0.1) is 0 Å². The minimum absolute atomic E-state index is 0.159. The average Bonchev–Trinajstić information content (AvgIpc) is 2.91. The van der Waals surface area contributed by atoms with E-state index in [-0.39, 0.29) is 12.5 Å². The van der Waals surface area contributed by atoms with Crippen molar-refractivity contribution in [1.82, 2.24) is 10.1 Å². The van der Waals surface area contributed by atoms with E-state index >= 15 is 0 Å². The molecule has 0 aliphatic carbocycles. The first-order valence-corrected chi connectivity index (χ1v) is 8.05. The molecule has 8 heteroatoms. The number of para-hydroxylation sites is 1. The molecule has 0 saturated heterocycles. The maximum Gasteiger partial charge on any atom is 0.259 e. The van der Waals surface area contributed by atoms with Crippen molar-refractivity contribution in [2.45, 2.75) is 20.3 Å². The highest BCUT2D eigenvalue weighted by atomic mass is 35.5. The Hall–Kier alpha value is -2.05. The monoisotopic (exact) mass is 369 g/mol. The number of benzene rings is 1. The molecule has 0 saturated carbocycles. The van der Waals surface area contributed by atoms with Gasteiger partial charge in [0, 0.05) is 7.05 Å². The van der Waals surface area contributed by atoms with Crippen LogP contribution in [0.1, 0.15) is 28.7 Å². The van der Waals surface area contributed by atoms with Gasteiger partial charge in [-0.2, -0.15) is 0 Å². The van der Waals surface area contributed by atoms with Gasteiger partial charge in [-0.25, -0.2) is 0 Å². The van der Waals surface area contributed by atoms with E-state index in [4.69, 9.17) is 27.7 Å². The molecular weight excluding hydrogens is 353 g/mol. The van der Waals surface area contributed by atoms with Crippen LogP contribution in [0.2, 0.25) is 10.0 Å². The molecule has 0 fully saturated rings. The topological polar surface area (TPSA) is 75.4 Å². The summed E-state index contributed by atoms with van der Waals surface area (Å²) in [5.41, 5.74) is 1.28. The number of nitrogens with one attached hydrogen (secondary N) is 1. The summed E-state index contributed by atoms with van der Waals surface area (Å²) in [6, 6.07) is 4.91. The van der Waals surface area contributed by atoms with Crippen LogP contribution >= 0.6 is 23.2 Å². The second-order valence-corrected chi connectivity index (χ2v) is 6.03. The van der Waals surface area contributed by atoms with Gasteiger partial charge in [0.15, 0.2) is 0 Å². The molecule has 0 atom stereocenters. The fourth-order valence-corrected chi connectivity index (χ4v) is 2.70. The molecule has 2 aromatic rings. The number of rotatable bonds is 5. The summed E-state index contributed by atoms with van der Waals surface area (Å²) in [7, 11) is 1.53. The van der Waals surface area contributed by atoms with Gasteiger partial charge in [0.25, 0.3) is 5.91 Å². The molecule has 0 unspecified atom stereocenters. The van der Waals surface area contributed by atoms with Gasteiger partial charge in [0.2, 0.25) is 5.91 Å². The zero-order valence-electron chi connectivity index (χ0n) is 13.5. The van der Waals surface area contributed by atoms with Crippen LogP contribution in [0.15, 0.2) is 22.7 Å². The average molecular weight is 370 g/mol. The standard InChI is InChI=1S/C16H17Cl2N3O3/c1-4-12-14(9(2)24-20-12)16(23)21(3)8-13(22)19-15-10(17)6-5-7-11(15)18/h5-7H,4,8H2,1-3H3,(H,19,22). The number of aromatic nitrogens is 1. The Bertz CT molecular complexity index is 754. The van der Waals surface area contributed by atoms with E-state index in [9.17, 15) is 9.59 Å². The van der Waals surface area contributed by atoms with Gasteiger partial charge >= 0.3 is 0 Å². The fraction of sp³-hybridized carbons (Fsp3) is 0.312. The van der Waals surface area contributed by atoms with Crippen LogP contribution in [0.5, 0.6) is 0 Å². The van der Waals surface area contributed by atoms with Gasteiger partial charge in [-0.05, 0) is 25.5 Å². The minimum atomic E-state index is -0.409. The maximum absolute atomic E-state index is 12.5. The minimum Gasteiger partial charge on any atom is -0.361 e. The van der Waals surface area contributed by atoms with Crippen LogP contribution in [-0.2, 0) is 11.2 Å². The Kier molecular flexibility index (Phi) is 5.85. The third-order valence-corrected chi connectivity index (χ3v) is 4.07. The van der Waals surface area contributed by atoms with Crippen molar-refractivity contribution in [1.29, 1.82) is 0 Å². The van der Waals surface area contributed by atoms with E-state index in [2.05, 4.69) is 10.5 Å². The van der Waals surface area contributed by atoms with Crippen LogP contribution in [-0.4, -0.2) is 35.5 Å². The van der Waals surface area contributed by atoms with Crippen molar-refractivity contribution < 1.29 is 14.1 Å². The molecule has 1 N–H and O–H groups in total. The molecule has 0 bridgehead atoms. The van der Waals surface area contributed by atoms with E-state index in [1.54, 1.807) is 25.1 Å². The summed E-state index contributed by atoms with van der Waals surface area (Å²) in [6.07, 6.45) is 0.563. The molecule has 6 nitrogen and oxygen atoms in total. The van der Waals surface area contributed by atoms with Gasteiger partial charge in [0.1, 0.15) is 11.3 Å². The molecule has 1 aromatic heterocycles.